The monoisotopic (exact) mass is 232 g/mol. The predicted molar refractivity (Wildman–Crippen MR) is 68.5 cm³/mol. The van der Waals surface area contributed by atoms with Gasteiger partial charge in [-0.3, -0.25) is 0 Å². The number of hydrogen-bond donors (Lipinski definition) is 1. The smallest absolute Gasteiger partial charge is 0.120 e. The number of rotatable bonds is 3. The quantitative estimate of drug-likeness (QED) is 0.828. The Balaban J connectivity index is 2.40. The molecule has 1 heterocycles. The van der Waals surface area contributed by atoms with Crippen LogP contribution in [0.3, 0.4) is 0 Å². The molecule has 0 bridgehead atoms. The van der Waals surface area contributed by atoms with E-state index < -0.39 is 0 Å². The summed E-state index contributed by atoms with van der Waals surface area (Å²) in [5, 5.41) is 0.912. The Morgan fingerprint density at radius 2 is 2.38 bits per heavy atom. The van der Waals surface area contributed by atoms with Gasteiger partial charge in [0.05, 0.1) is 17.3 Å². The van der Waals surface area contributed by atoms with Gasteiger partial charge in [0, 0.05) is 5.70 Å². The number of methoxy groups -OCH3 is 1. The van der Waals surface area contributed by atoms with Gasteiger partial charge in [-0.2, -0.15) is 0 Å². The van der Waals surface area contributed by atoms with Crippen LogP contribution in [0.2, 0.25) is 0 Å². The Morgan fingerprint density at radius 3 is 3.06 bits per heavy atom. The van der Waals surface area contributed by atoms with Crippen LogP contribution in [-0.4, -0.2) is 12.1 Å². The van der Waals surface area contributed by atoms with Crippen molar-refractivity contribution in [3.8, 4) is 5.75 Å². The third-order valence-electron chi connectivity index (χ3n) is 2.05. The fourth-order valence-electron chi connectivity index (χ4n) is 1.30. The van der Waals surface area contributed by atoms with Gasteiger partial charge in [-0.25, -0.2) is 4.98 Å². The molecule has 0 aliphatic carbocycles. The van der Waals surface area contributed by atoms with Gasteiger partial charge in [-0.1, -0.05) is 6.58 Å². The first-order valence-corrected chi connectivity index (χ1v) is 5.58. The maximum atomic E-state index is 5.46. The zero-order valence-electron chi connectivity index (χ0n) is 8.93. The highest BCUT2D eigenvalue weighted by Crippen LogP contribution is 2.26. The zero-order valence-corrected chi connectivity index (χ0v) is 9.75. The third-order valence-corrected chi connectivity index (χ3v) is 3.04. The van der Waals surface area contributed by atoms with Crippen LogP contribution >= 0.6 is 11.3 Å². The molecule has 82 valence electrons. The molecule has 2 rings (SSSR count). The summed E-state index contributed by atoms with van der Waals surface area (Å²) in [6.45, 7) is 3.60. The molecule has 2 N–H and O–H groups in total. The number of hydrogen-bond acceptors (Lipinski definition) is 4. The summed E-state index contributed by atoms with van der Waals surface area (Å²) in [6.07, 6.45) is 3.61. The number of nitrogens with two attached hydrogens (primary N) is 1. The minimum absolute atomic E-state index is 0.525. The number of allylic oxidation sites excluding steroid dienone is 1. The maximum Gasteiger partial charge on any atom is 0.120 e. The first-order valence-electron chi connectivity index (χ1n) is 4.76. The molecule has 0 fully saturated rings. The molecule has 0 atom stereocenters. The van der Waals surface area contributed by atoms with Crippen LogP contribution in [0.4, 0.5) is 0 Å². The van der Waals surface area contributed by atoms with E-state index in [-0.39, 0.29) is 0 Å². The van der Waals surface area contributed by atoms with Gasteiger partial charge < -0.3 is 10.5 Å². The molecule has 1 aromatic heterocycles. The Labute approximate surface area is 97.9 Å². The molecular weight excluding hydrogens is 220 g/mol. The van der Waals surface area contributed by atoms with E-state index in [0.29, 0.717) is 5.70 Å². The second-order valence-electron chi connectivity index (χ2n) is 3.29. The summed E-state index contributed by atoms with van der Waals surface area (Å²) in [6, 6.07) is 5.82. The topological polar surface area (TPSA) is 48.1 Å². The van der Waals surface area contributed by atoms with Crippen molar-refractivity contribution in [2.45, 2.75) is 0 Å². The first kappa shape index (κ1) is 10.7. The SMILES string of the molecule is C=C(N)/C=C/c1nc2ccc(OC)cc2s1. The van der Waals surface area contributed by atoms with E-state index >= 15 is 0 Å². The van der Waals surface area contributed by atoms with E-state index in [0.717, 1.165) is 21.0 Å². The highest BCUT2D eigenvalue weighted by atomic mass is 32.1. The van der Waals surface area contributed by atoms with Gasteiger partial charge in [0.25, 0.3) is 0 Å². The zero-order chi connectivity index (χ0) is 11.5. The van der Waals surface area contributed by atoms with Crippen molar-refractivity contribution in [1.29, 1.82) is 0 Å². The van der Waals surface area contributed by atoms with E-state index in [4.69, 9.17) is 10.5 Å². The molecule has 0 spiro atoms. The Kier molecular flexibility index (Phi) is 2.92. The summed E-state index contributed by atoms with van der Waals surface area (Å²) < 4.78 is 6.26. The molecule has 0 aliphatic rings. The van der Waals surface area contributed by atoms with E-state index in [1.807, 2.05) is 24.3 Å². The summed E-state index contributed by atoms with van der Waals surface area (Å²) in [7, 11) is 1.65. The first-order chi connectivity index (χ1) is 7.69. The second kappa shape index (κ2) is 4.37. The van der Waals surface area contributed by atoms with Crippen molar-refractivity contribution in [2.75, 3.05) is 7.11 Å². The van der Waals surface area contributed by atoms with Crippen molar-refractivity contribution < 1.29 is 4.74 Å². The predicted octanol–water partition coefficient (Wildman–Crippen LogP) is 2.79. The van der Waals surface area contributed by atoms with E-state index in [1.54, 1.807) is 24.5 Å². The molecule has 0 saturated carbocycles. The Morgan fingerprint density at radius 1 is 1.56 bits per heavy atom. The highest BCUT2D eigenvalue weighted by molar-refractivity contribution is 7.19. The van der Waals surface area contributed by atoms with Crippen molar-refractivity contribution in [3.63, 3.8) is 0 Å². The van der Waals surface area contributed by atoms with Gasteiger partial charge in [0.15, 0.2) is 0 Å². The van der Waals surface area contributed by atoms with Crippen molar-refractivity contribution in [3.05, 3.63) is 41.6 Å². The molecule has 2 aromatic rings. The number of aromatic nitrogens is 1. The molecule has 0 saturated heterocycles. The van der Waals surface area contributed by atoms with Crippen LogP contribution in [0.5, 0.6) is 5.75 Å². The molecule has 3 nitrogen and oxygen atoms in total. The van der Waals surface area contributed by atoms with Gasteiger partial charge in [-0.05, 0) is 30.4 Å². The lowest BCUT2D eigenvalue weighted by Crippen LogP contribution is -1.87. The van der Waals surface area contributed by atoms with Crippen LogP contribution in [0.1, 0.15) is 5.01 Å². The average molecular weight is 232 g/mol. The number of nitrogens with zero attached hydrogens (tertiary/aromatic N) is 1. The van der Waals surface area contributed by atoms with Crippen LogP contribution < -0.4 is 10.5 Å². The average Bonchev–Trinajstić information content (AvgIpc) is 2.67. The third kappa shape index (κ3) is 2.23. The molecule has 4 heteroatoms. The fourth-order valence-corrected chi connectivity index (χ4v) is 2.20. The molecular formula is C12H12N2OS. The lowest BCUT2D eigenvalue weighted by molar-refractivity contribution is 0.415. The number of ether oxygens (including phenoxy) is 1. The van der Waals surface area contributed by atoms with Crippen LogP contribution in [0.15, 0.2) is 36.6 Å². The number of thiazole rings is 1. The van der Waals surface area contributed by atoms with E-state index in [9.17, 15) is 0 Å². The molecule has 0 aliphatic heterocycles. The molecule has 0 radical (unpaired) electrons. The standard InChI is InChI=1S/C12H12N2OS/c1-8(13)3-6-12-14-10-5-4-9(15-2)7-11(10)16-12/h3-7H,1,13H2,2H3/b6-3+. The lowest BCUT2D eigenvalue weighted by atomic mass is 10.3. The summed E-state index contributed by atoms with van der Waals surface area (Å²) in [5.74, 6) is 0.843. The summed E-state index contributed by atoms with van der Waals surface area (Å²) in [5.41, 5.74) is 6.95. The highest BCUT2D eigenvalue weighted by Gasteiger charge is 2.02. The summed E-state index contributed by atoms with van der Waals surface area (Å²) >= 11 is 1.59. The molecule has 1 aromatic carbocycles. The van der Waals surface area contributed by atoms with Crippen LogP contribution in [-0.2, 0) is 0 Å². The van der Waals surface area contributed by atoms with Crippen molar-refractivity contribution >= 4 is 27.6 Å². The van der Waals surface area contributed by atoms with Gasteiger partial charge >= 0.3 is 0 Å². The molecule has 16 heavy (non-hydrogen) atoms. The van der Waals surface area contributed by atoms with Crippen LogP contribution in [0, 0.1) is 0 Å². The fraction of sp³-hybridized carbons (Fsp3) is 0.0833. The lowest BCUT2D eigenvalue weighted by Gasteiger charge is -1.96. The number of benzene rings is 1. The number of fused-ring (bicyclic) bond motifs is 1. The maximum absolute atomic E-state index is 5.46. The van der Waals surface area contributed by atoms with Gasteiger partial charge in [-0.15, -0.1) is 11.3 Å². The molecule has 0 unspecified atom stereocenters. The van der Waals surface area contributed by atoms with Gasteiger partial charge in [0.1, 0.15) is 10.8 Å². The second-order valence-corrected chi connectivity index (χ2v) is 4.36. The van der Waals surface area contributed by atoms with Crippen molar-refractivity contribution in [1.82, 2.24) is 4.98 Å². The normalized spacial score (nSPS) is 11.1. The van der Waals surface area contributed by atoms with E-state index in [2.05, 4.69) is 11.6 Å². The van der Waals surface area contributed by atoms with Crippen LogP contribution in [0.25, 0.3) is 16.3 Å². The minimum Gasteiger partial charge on any atom is -0.497 e. The Bertz CT molecular complexity index is 557. The Hall–Kier alpha value is -1.81. The van der Waals surface area contributed by atoms with Gasteiger partial charge in [0.2, 0.25) is 0 Å². The molecule has 0 amide bonds. The van der Waals surface area contributed by atoms with E-state index in [1.165, 1.54) is 0 Å². The minimum atomic E-state index is 0.525. The summed E-state index contributed by atoms with van der Waals surface area (Å²) in [4.78, 5) is 4.44. The largest absolute Gasteiger partial charge is 0.497 e. The van der Waals surface area contributed by atoms with Crippen molar-refractivity contribution in [2.24, 2.45) is 5.73 Å².